The maximum Gasteiger partial charge on any atom is 0.148 e. The Morgan fingerprint density at radius 1 is 1.06 bits per heavy atom. The summed E-state index contributed by atoms with van der Waals surface area (Å²) in [6.45, 7) is 1.75. The van der Waals surface area contributed by atoms with Crippen molar-refractivity contribution in [3.8, 4) is 0 Å². The molecule has 0 aliphatic rings. The minimum Gasteiger partial charge on any atom is -0.399 e. The predicted octanol–water partition coefficient (Wildman–Crippen LogP) is 3.60. The van der Waals surface area contributed by atoms with Crippen molar-refractivity contribution < 1.29 is 8.78 Å². The summed E-state index contributed by atoms with van der Waals surface area (Å²) in [7, 11) is 0. The molecule has 0 saturated carbocycles. The van der Waals surface area contributed by atoms with E-state index in [2.05, 4.69) is 5.32 Å². The Morgan fingerprint density at radius 2 is 1.82 bits per heavy atom. The van der Waals surface area contributed by atoms with Gasteiger partial charge in [0.25, 0.3) is 0 Å². The maximum atomic E-state index is 13.5. The summed E-state index contributed by atoms with van der Waals surface area (Å²) < 4.78 is 27.1. The van der Waals surface area contributed by atoms with Gasteiger partial charge >= 0.3 is 0 Å². The largest absolute Gasteiger partial charge is 0.399 e. The first-order valence-corrected chi connectivity index (χ1v) is 5.15. The standard InChI is InChI=1S/C13H12F2N2/c1-8-3-2-4-10(14)13(8)17-12-6-5-9(16)7-11(12)15/h2-7,17H,16H2,1H3. The number of aryl methyl sites for hydroxylation is 1. The zero-order chi connectivity index (χ0) is 12.4. The molecule has 0 aliphatic heterocycles. The average Bonchev–Trinajstić information content (AvgIpc) is 2.26. The number of anilines is 3. The number of nitrogens with two attached hydrogens (primary N) is 1. The fourth-order valence-corrected chi connectivity index (χ4v) is 1.56. The number of benzene rings is 2. The minimum absolute atomic E-state index is 0.201. The third kappa shape index (κ3) is 2.36. The van der Waals surface area contributed by atoms with Gasteiger partial charge in [0.1, 0.15) is 11.6 Å². The maximum absolute atomic E-state index is 13.5. The third-order valence-electron chi connectivity index (χ3n) is 2.47. The molecule has 4 heteroatoms. The van der Waals surface area contributed by atoms with Gasteiger partial charge in [0, 0.05) is 5.69 Å². The lowest BCUT2D eigenvalue weighted by Gasteiger charge is -2.11. The first-order chi connectivity index (χ1) is 8.08. The molecule has 0 fully saturated rings. The molecule has 2 rings (SSSR count). The van der Waals surface area contributed by atoms with E-state index in [0.29, 0.717) is 11.3 Å². The van der Waals surface area contributed by atoms with E-state index in [0.717, 1.165) is 0 Å². The molecule has 0 heterocycles. The number of hydrogen-bond acceptors (Lipinski definition) is 2. The van der Waals surface area contributed by atoms with Gasteiger partial charge in [0.2, 0.25) is 0 Å². The summed E-state index contributed by atoms with van der Waals surface area (Å²) in [5.74, 6) is -0.922. The van der Waals surface area contributed by atoms with Crippen molar-refractivity contribution in [2.75, 3.05) is 11.1 Å². The molecule has 0 spiro atoms. The minimum atomic E-state index is -0.507. The van der Waals surface area contributed by atoms with Gasteiger partial charge in [-0.2, -0.15) is 0 Å². The SMILES string of the molecule is Cc1cccc(F)c1Nc1ccc(N)cc1F. The normalized spacial score (nSPS) is 10.3. The number of rotatable bonds is 2. The van der Waals surface area contributed by atoms with Crippen LogP contribution in [0.4, 0.5) is 25.8 Å². The van der Waals surface area contributed by atoms with Crippen molar-refractivity contribution in [1.29, 1.82) is 0 Å². The second kappa shape index (κ2) is 4.41. The van der Waals surface area contributed by atoms with Crippen LogP contribution in [0.15, 0.2) is 36.4 Å². The van der Waals surface area contributed by atoms with E-state index in [1.165, 1.54) is 18.2 Å². The quantitative estimate of drug-likeness (QED) is 0.779. The number of para-hydroxylation sites is 1. The number of hydrogen-bond donors (Lipinski definition) is 2. The van der Waals surface area contributed by atoms with Crippen molar-refractivity contribution in [2.45, 2.75) is 6.92 Å². The third-order valence-corrected chi connectivity index (χ3v) is 2.47. The predicted molar refractivity (Wildman–Crippen MR) is 65.2 cm³/mol. The summed E-state index contributed by atoms with van der Waals surface area (Å²) in [5, 5.41) is 2.73. The molecule has 17 heavy (non-hydrogen) atoms. The van der Waals surface area contributed by atoms with E-state index in [4.69, 9.17) is 5.73 Å². The second-order valence-corrected chi connectivity index (χ2v) is 3.80. The molecular formula is C13H12F2N2. The lowest BCUT2D eigenvalue weighted by atomic mass is 10.2. The van der Waals surface area contributed by atoms with Gasteiger partial charge in [-0.15, -0.1) is 0 Å². The Hall–Kier alpha value is -2.10. The van der Waals surface area contributed by atoms with Crippen LogP contribution in [0.5, 0.6) is 0 Å². The molecule has 2 nitrogen and oxygen atoms in total. The lowest BCUT2D eigenvalue weighted by molar-refractivity contribution is 0.625. The monoisotopic (exact) mass is 234 g/mol. The van der Waals surface area contributed by atoms with Crippen molar-refractivity contribution in [3.63, 3.8) is 0 Å². The van der Waals surface area contributed by atoms with E-state index >= 15 is 0 Å². The molecule has 0 amide bonds. The molecular weight excluding hydrogens is 222 g/mol. The topological polar surface area (TPSA) is 38.0 Å². The van der Waals surface area contributed by atoms with Gasteiger partial charge in [-0.05, 0) is 36.8 Å². The molecule has 88 valence electrons. The van der Waals surface area contributed by atoms with Crippen LogP contribution in [0.3, 0.4) is 0 Å². The van der Waals surface area contributed by atoms with Crippen LogP contribution < -0.4 is 11.1 Å². The Balaban J connectivity index is 2.38. The van der Waals surface area contributed by atoms with Gasteiger partial charge in [-0.3, -0.25) is 0 Å². The molecule has 0 aliphatic carbocycles. The smallest absolute Gasteiger partial charge is 0.148 e. The highest BCUT2D eigenvalue weighted by atomic mass is 19.1. The molecule has 2 aromatic carbocycles. The Labute approximate surface area is 98.1 Å². The Morgan fingerprint density at radius 3 is 2.47 bits per heavy atom. The fraction of sp³-hybridized carbons (Fsp3) is 0.0769. The number of halogens is 2. The second-order valence-electron chi connectivity index (χ2n) is 3.80. The summed E-state index contributed by atoms with van der Waals surface area (Å²) >= 11 is 0. The first-order valence-electron chi connectivity index (χ1n) is 5.15. The van der Waals surface area contributed by atoms with Crippen LogP contribution in [0.1, 0.15) is 5.56 Å². The van der Waals surface area contributed by atoms with Crippen LogP contribution in [0.2, 0.25) is 0 Å². The molecule has 0 saturated heterocycles. The van der Waals surface area contributed by atoms with E-state index in [1.807, 2.05) is 0 Å². The summed E-state index contributed by atoms with van der Waals surface area (Å²) in [5.41, 5.74) is 6.96. The van der Waals surface area contributed by atoms with Crippen molar-refractivity contribution in [3.05, 3.63) is 53.6 Å². The van der Waals surface area contributed by atoms with Crippen molar-refractivity contribution in [2.24, 2.45) is 0 Å². The van der Waals surface area contributed by atoms with Gasteiger partial charge < -0.3 is 11.1 Å². The molecule has 0 bridgehead atoms. The summed E-state index contributed by atoms with van der Waals surface area (Å²) in [6.07, 6.45) is 0. The summed E-state index contributed by atoms with van der Waals surface area (Å²) in [4.78, 5) is 0. The Kier molecular flexibility index (Phi) is 2.95. The van der Waals surface area contributed by atoms with Gasteiger partial charge in [0.15, 0.2) is 0 Å². The van der Waals surface area contributed by atoms with Crippen LogP contribution in [-0.4, -0.2) is 0 Å². The van der Waals surface area contributed by atoms with E-state index in [-0.39, 0.29) is 11.4 Å². The van der Waals surface area contributed by atoms with Crippen LogP contribution in [-0.2, 0) is 0 Å². The highest BCUT2D eigenvalue weighted by Crippen LogP contribution is 2.26. The Bertz CT molecular complexity index is 533. The highest BCUT2D eigenvalue weighted by molar-refractivity contribution is 5.65. The van der Waals surface area contributed by atoms with Gasteiger partial charge in [-0.25, -0.2) is 8.78 Å². The highest BCUT2D eigenvalue weighted by Gasteiger charge is 2.08. The first kappa shape index (κ1) is 11.4. The molecule has 0 unspecified atom stereocenters. The molecule has 2 aromatic rings. The van der Waals surface area contributed by atoms with Gasteiger partial charge in [-0.1, -0.05) is 12.1 Å². The van der Waals surface area contributed by atoms with Crippen molar-refractivity contribution in [1.82, 2.24) is 0 Å². The van der Waals surface area contributed by atoms with Crippen molar-refractivity contribution >= 4 is 17.1 Å². The lowest BCUT2D eigenvalue weighted by Crippen LogP contribution is -1.99. The van der Waals surface area contributed by atoms with E-state index in [9.17, 15) is 8.78 Å². The van der Waals surface area contributed by atoms with Crippen LogP contribution in [0.25, 0.3) is 0 Å². The molecule has 0 atom stereocenters. The molecule has 3 N–H and O–H groups in total. The van der Waals surface area contributed by atoms with Crippen LogP contribution in [0, 0.1) is 18.6 Å². The fourth-order valence-electron chi connectivity index (χ4n) is 1.56. The number of nitrogen functional groups attached to an aromatic ring is 1. The van der Waals surface area contributed by atoms with E-state index < -0.39 is 11.6 Å². The van der Waals surface area contributed by atoms with E-state index in [1.54, 1.807) is 25.1 Å². The molecule has 0 radical (unpaired) electrons. The van der Waals surface area contributed by atoms with Crippen LogP contribution >= 0.6 is 0 Å². The summed E-state index contributed by atoms with van der Waals surface area (Å²) in [6, 6.07) is 8.91. The average molecular weight is 234 g/mol. The number of nitrogens with one attached hydrogen (secondary N) is 1. The zero-order valence-corrected chi connectivity index (χ0v) is 9.30. The van der Waals surface area contributed by atoms with Gasteiger partial charge in [0.05, 0.1) is 11.4 Å². The zero-order valence-electron chi connectivity index (χ0n) is 9.30. The molecule has 0 aromatic heterocycles.